The highest BCUT2D eigenvalue weighted by molar-refractivity contribution is 7.88. The summed E-state index contributed by atoms with van der Waals surface area (Å²) in [4.78, 5) is 0. The van der Waals surface area contributed by atoms with E-state index in [4.69, 9.17) is 11.6 Å². The Hall–Kier alpha value is -0.620. The lowest BCUT2D eigenvalue weighted by atomic mass is 10.1. The molecular formula is C14H21ClN2O2S. The molecule has 112 valence electrons. The SMILES string of the molecule is Cc1cc(Cl)ccc1CNC[C@H]1CCN(S(C)(=O)=O)C1. The maximum absolute atomic E-state index is 11.4. The fraction of sp³-hybridized carbons (Fsp3) is 0.571. The van der Waals surface area contributed by atoms with E-state index in [2.05, 4.69) is 5.32 Å². The zero-order chi connectivity index (χ0) is 14.8. The van der Waals surface area contributed by atoms with Gasteiger partial charge in [0.25, 0.3) is 0 Å². The maximum atomic E-state index is 11.4. The second kappa shape index (κ2) is 6.43. The van der Waals surface area contributed by atoms with Gasteiger partial charge in [-0.25, -0.2) is 12.7 Å². The Morgan fingerprint density at radius 1 is 1.45 bits per heavy atom. The minimum atomic E-state index is -3.03. The smallest absolute Gasteiger partial charge is 0.211 e. The molecule has 1 heterocycles. The first-order valence-corrected chi connectivity index (χ1v) is 9.00. The van der Waals surface area contributed by atoms with Crippen LogP contribution >= 0.6 is 11.6 Å². The van der Waals surface area contributed by atoms with E-state index in [-0.39, 0.29) is 0 Å². The van der Waals surface area contributed by atoms with Gasteiger partial charge >= 0.3 is 0 Å². The molecular weight excluding hydrogens is 296 g/mol. The number of sulfonamides is 1. The van der Waals surface area contributed by atoms with Crippen molar-refractivity contribution in [3.8, 4) is 0 Å². The Balaban J connectivity index is 1.80. The van der Waals surface area contributed by atoms with Crippen molar-refractivity contribution in [3.05, 3.63) is 34.3 Å². The second-order valence-electron chi connectivity index (χ2n) is 5.48. The first-order valence-electron chi connectivity index (χ1n) is 6.77. The van der Waals surface area contributed by atoms with Crippen LogP contribution in [0.3, 0.4) is 0 Å². The molecule has 1 saturated heterocycles. The van der Waals surface area contributed by atoms with Gasteiger partial charge in [0.05, 0.1) is 6.26 Å². The molecule has 4 nitrogen and oxygen atoms in total. The predicted octanol–water partition coefficient (Wildman–Crippen LogP) is 2.02. The molecule has 1 aromatic rings. The highest BCUT2D eigenvalue weighted by atomic mass is 35.5. The number of aryl methyl sites for hydroxylation is 1. The number of hydrogen-bond donors (Lipinski definition) is 1. The van der Waals surface area contributed by atoms with E-state index in [9.17, 15) is 8.42 Å². The maximum Gasteiger partial charge on any atom is 0.211 e. The van der Waals surface area contributed by atoms with E-state index >= 15 is 0 Å². The van der Waals surface area contributed by atoms with Crippen LogP contribution in [-0.4, -0.2) is 38.6 Å². The van der Waals surface area contributed by atoms with Crippen molar-refractivity contribution in [2.45, 2.75) is 19.9 Å². The minimum Gasteiger partial charge on any atom is -0.312 e. The lowest BCUT2D eigenvalue weighted by molar-refractivity contribution is 0.448. The summed E-state index contributed by atoms with van der Waals surface area (Å²) in [6, 6.07) is 5.88. The number of nitrogens with zero attached hydrogens (tertiary/aromatic N) is 1. The van der Waals surface area contributed by atoms with Crippen LogP contribution in [-0.2, 0) is 16.6 Å². The molecule has 1 aromatic carbocycles. The third-order valence-corrected chi connectivity index (χ3v) is 5.28. The van der Waals surface area contributed by atoms with E-state index in [1.54, 1.807) is 4.31 Å². The zero-order valence-electron chi connectivity index (χ0n) is 11.9. The minimum absolute atomic E-state index is 0.400. The monoisotopic (exact) mass is 316 g/mol. The van der Waals surface area contributed by atoms with Crippen molar-refractivity contribution < 1.29 is 8.42 Å². The fourth-order valence-corrected chi connectivity index (χ4v) is 3.68. The van der Waals surface area contributed by atoms with Crippen LogP contribution in [0, 0.1) is 12.8 Å². The Labute approximate surface area is 126 Å². The quantitative estimate of drug-likeness (QED) is 0.904. The Kier molecular flexibility index (Phi) is 5.07. The molecule has 0 radical (unpaired) electrons. The van der Waals surface area contributed by atoms with E-state index in [1.807, 2.05) is 25.1 Å². The third kappa shape index (κ3) is 4.19. The van der Waals surface area contributed by atoms with Crippen LogP contribution in [0.5, 0.6) is 0 Å². The molecule has 1 aliphatic heterocycles. The Morgan fingerprint density at radius 2 is 2.20 bits per heavy atom. The fourth-order valence-electron chi connectivity index (χ4n) is 2.53. The van der Waals surface area contributed by atoms with E-state index in [1.165, 1.54) is 17.4 Å². The molecule has 0 amide bonds. The molecule has 0 spiro atoms. The van der Waals surface area contributed by atoms with Crippen molar-refractivity contribution in [1.82, 2.24) is 9.62 Å². The molecule has 1 N–H and O–H groups in total. The number of hydrogen-bond acceptors (Lipinski definition) is 3. The van der Waals surface area contributed by atoms with Crippen molar-refractivity contribution in [2.75, 3.05) is 25.9 Å². The molecule has 1 aliphatic rings. The van der Waals surface area contributed by atoms with Crippen LogP contribution in [0.4, 0.5) is 0 Å². The van der Waals surface area contributed by atoms with Gasteiger partial charge < -0.3 is 5.32 Å². The molecule has 0 aromatic heterocycles. The topological polar surface area (TPSA) is 49.4 Å². The van der Waals surface area contributed by atoms with Gasteiger partial charge in [-0.15, -0.1) is 0 Å². The van der Waals surface area contributed by atoms with Crippen molar-refractivity contribution in [1.29, 1.82) is 0 Å². The van der Waals surface area contributed by atoms with Gasteiger partial charge in [0.15, 0.2) is 0 Å². The summed E-state index contributed by atoms with van der Waals surface area (Å²) in [6.45, 7) is 4.95. The number of rotatable bonds is 5. The second-order valence-corrected chi connectivity index (χ2v) is 7.90. The summed E-state index contributed by atoms with van der Waals surface area (Å²) >= 11 is 5.93. The van der Waals surface area contributed by atoms with Crippen LogP contribution in [0.25, 0.3) is 0 Å². The van der Waals surface area contributed by atoms with Gasteiger partial charge in [0.1, 0.15) is 0 Å². The van der Waals surface area contributed by atoms with Gasteiger partial charge in [-0.1, -0.05) is 17.7 Å². The van der Waals surface area contributed by atoms with E-state index in [0.29, 0.717) is 19.0 Å². The molecule has 20 heavy (non-hydrogen) atoms. The molecule has 6 heteroatoms. The third-order valence-electron chi connectivity index (χ3n) is 3.77. The number of halogens is 1. The van der Waals surface area contributed by atoms with Gasteiger partial charge in [-0.3, -0.25) is 0 Å². The van der Waals surface area contributed by atoms with E-state index < -0.39 is 10.0 Å². The molecule has 1 atom stereocenters. The zero-order valence-corrected chi connectivity index (χ0v) is 13.5. The molecule has 0 bridgehead atoms. The molecule has 1 fully saturated rings. The summed E-state index contributed by atoms with van der Waals surface area (Å²) in [5.74, 6) is 0.400. The number of benzene rings is 1. The standard InChI is InChI=1S/C14H21ClN2O2S/c1-11-7-14(15)4-3-13(11)9-16-8-12-5-6-17(10-12)20(2,18)19/h3-4,7,12,16H,5-6,8-10H2,1-2H3/t12-/m1/s1. The first-order chi connectivity index (χ1) is 9.36. The van der Waals surface area contributed by atoms with Crippen LogP contribution in [0.2, 0.25) is 5.02 Å². The van der Waals surface area contributed by atoms with Crippen molar-refractivity contribution in [2.24, 2.45) is 5.92 Å². The van der Waals surface area contributed by atoms with Gasteiger partial charge in [0.2, 0.25) is 10.0 Å². The van der Waals surface area contributed by atoms with Crippen molar-refractivity contribution >= 4 is 21.6 Å². The lowest BCUT2D eigenvalue weighted by Gasteiger charge is -2.14. The molecule has 2 rings (SSSR count). The van der Waals surface area contributed by atoms with Gasteiger partial charge in [0, 0.05) is 24.7 Å². The molecule has 0 unspecified atom stereocenters. The largest absolute Gasteiger partial charge is 0.312 e. The highest BCUT2D eigenvalue weighted by Gasteiger charge is 2.27. The molecule has 0 aliphatic carbocycles. The predicted molar refractivity (Wildman–Crippen MR) is 82.4 cm³/mol. The average Bonchev–Trinajstić information content (AvgIpc) is 2.80. The average molecular weight is 317 g/mol. The normalized spacial score (nSPS) is 20.4. The lowest BCUT2D eigenvalue weighted by Crippen LogP contribution is -2.30. The highest BCUT2D eigenvalue weighted by Crippen LogP contribution is 2.19. The first kappa shape index (κ1) is 15.8. The Bertz CT molecular complexity index is 575. The van der Waals surface area contributed by atoms with Crippen LogP contribution in [0.1, 0.15) is 17.5 Å². The summed E-state index contributed by atoms with van der Waals surface area (Å²) in [7, 11) is -3.03. The van der Waals surface area contributed by atoms with Crippen LogP contribution < -0.4 is 5.32 Å². The summed E-state index contributed by atoms with van der Waals surface area (Å²) in [5, 5.41) is 4.17. The summed E-state index contributed by atoms with van der Waals surface area (Å²) in [6.07, 6.45) is 2.21. The Morgan fingerprint density at radius 3 is 2.80 bits per heavy atom. The van der Waals surface area contributed by atoms with Gasteiger partial charge in [-0.2, -0.15) is 0 Å². The van der Waals surface area contributed by atoms with Gasteiger partial charge in [-0.05, 0) is 49.1 Å². The molecule has 0 saturated carbocycles. The summed E-state index contributed by atoms with van der Waals surface area (Å²) < 4.78 is 24.5. The van der Waals surface area contributed by atoms with Crippen molar-refractivity contribution in [3.63, 3.8) is 0 Å². The van der Waals surface area contributed by atoms with E-state index in [0.717, 1.165) is 24.5 Å². The van der Waals surface area contributed by atoms with Crippen LogP contribution in [0.15, 0.2) is 18.2 Å². The summed E-state index contributed by atoms with van der Waals surface area (Å²) in [5.41, 5.74) is 2.40. The number of nitrogens with one attached hydrogen (secondary N) is 1.